The van der Waals surface area contributed by atoms with Crippen molar-refractivity contribution >= 4 is 11.6 Å². The van der Waals surface area contributed by atoms with Gasteiger partial charge < -0.3 is 15.6 Å². The Kier molecular flexibility index (Phi) is 5.43. The van der Waals surface area contributed by atoms with Crippen molar-refractivity contribution in [3.8, 4) is 11.4 Å². The normalized spacial score (nSPS) is 13.2. The maximum absolute atomic E-state index is 12.8. The van der Waals surface area contributed by atoms with Gasteiger partial charge in [0.1, 0.15) is 6.33 Å². The van der Waals surface area contributed by atoms with Crippen molar-refractivity contribution in [2.45, 2.75) is 26.4 Å². The molecule has 0 spiro atoms. The van der Waals surface area contributed by atoms with Gasteiger partial charge in [-0.05, 0) is 24.6 Å². The Morgan fingerprint density at radius 3 is 2.58 bits per heavy atom. The summed E-state index contributed by atoms with van der Waals surface area (Å²) in [6.45, 7) is 4.61. The van der Waals surface area contributed by atoms with Gasteiger partial charge in [-0.25, -0.2) is 0 Å². The molecule has 0 radical (unpaired) electrons. The third-order valence-corrected chi connectivity index (χ3v) is 4.52. The van der Waals surface area contributed by atoms with Crippen LogP contribution in [0, 0.1) is 5.92 Å². The lowest BCUT2D eigenvalue weighted by Gasteiger charge is -2.20. The van der Waals surface area contributed by atoms with E-state index in [1.807, 2.05) is 73.0 Å². The minimum Gasteiger partial charge on any atom is -0.325 e. The number of benzene rings is 2. The predicted molar refractivity (Wildman–Crippen MR) is 102 cm³/mol. The molecule has 0 aliphatic heterocycles. The fourth-order valence-corrected chi connectivity index (χ4v) is 2.86. The maximum atomic E-state index is 12.8. The number of amides is 1. The van der Waals surface area contributed by atoms with Gasteiger partial charge in [0, 0.05) is 18.2 Å². The first kappa shape index (κ1) is 17.8. The predicted octanol–water partition coefficient (Wildman–Crippen LogP) is 3.24. The number of nitrogens with one attached hydrogen (secondary N) is 1. The van der Waals surface area contributed by atoms with Gasteiger partial charge in [0.15, 0.2) is 5.82 Å². The molecular formula is C20H23N5O. The standard InChI is InChI=1S/C20H23N5O/c1-3-25-13-22-24-19(25)16-11-7-8-12-17(16)23-20(26)14(2)18(21)15-9-5-4-6-10-15/h4-14,18H,3,21H2,1-2H3,(H,23,26). The van der Waals surface area contributed by atoms with Crippen molar-refractivity contribution in [2.75, 3.05) is 5.32 Å². The van der Waals surface area contributed by atoms with Crippen LogP contribution in [0.4, 0.5) is 5.69 Å². The molecular weight excluding hydrogens is 326 g/mol. The van der Waals surface area contributed by atoms with Crippen LogP contribution in [-0.2, 0) is 11.3 Å². The molecule has 0 fully saturated rings. The molecule has 134 valence electrons. The second kappa shape index (κ2) is 7.93. The van der Waals surface area contributed by atoms with Crippen LogP contribution in [0.25, 0.3) is 11.4 Å². The van der Waals surface area contributed by atoms with Crippen LogP contribution >= 0.6 is 0 Å². The van der Waals surface area contributed by atoms with E-state index in [1.54, 1.807) is 6.33 Å². The molecule has 0 saturated carbocycles. The molecule has 1 amide bonds. The molecule has 26 heavy (non-hydrogen) atoms. The molecule has 0 saturated heterocycles. The van der Waals surface area contributed by atoms with Crippen molar-refractivity contribution in [2.24, 2.45) is 11.7 Å². The Labute approximate surface area is 153 Å². The molecule has 0 aliphatic rings. The Bertz CT molecular complexity index is 875. The molecule has 0 aliphatic carbocycles. The first-order valence-electron chi connectivity index (χ1n) is 8.70. The summed E-state index contributed by atoms with van der Waals surface area (Å²) in [6, 6.07) is 16.9. The number of anilines is 1. The van der Waals surface area contributed by atoms with Crippen molar-refractivity contribution in [3.05, 3.63) is 66.5 Å². The highest BCUT2D eigenvalue weighted by Gasteiger charge is 2.23. The smallest absolute Gasteiger partial charge is 0.229 e. The zero-order valence-corrected chi connectivity index (χ0v) is 15.0. The maximum Gasteiger partial charge on any atom is 0.229 e. The van der Waals surface area contributed by atoms with Crippen molar-refractivity contribution in [1.82, 2.24) is 14.8 Å². The number of aromatic nitrogens is 3. The third kappa shape index (κ3) is 3.65. The molecule has 1 heterocycles. The van der Waals surface area contributed by atoms with Gasteiger partial charge in [-0.15, -0.1) is 10.2 Å². The molecule has 3 aromatic rings. The summed E-state index contributed by atoms with van der Waals surface area (Å²) in [5, 5.41) is 11.2. The molecule has 6 heteroatoms. The van der Waals surface area contributed by atoms with E-state index >= 15 is 0 Å². The highest BCUT2D eigenvalue weighted by Crippen LogP contribution is 2.28. The fraction of sp³-hybridized carbons (Fsp3) is 0.250. The number of para-hydroxylation sites is 1. The molecule has 2 atom stereocenters. The van der Waals surface area contributed by atoms with Crippen LogP contribution in [0.15, 0.2) is 60.9 Å². The number of carbonyl (C=O) groups is 1. The van der Waals surface area contributed by atoms with E-state index in [2.05, 4.69) is 15.5 Å². The van der Waals surface area contributed by atoms with Crippen LogP contribution in [0.1, 0.15) is 25.5 Å². The number of hydrogen-bond acceptors (Lipinski definition) is 4. The quantitative estimate of drug-likeness (QED) is 0.715. The Hall–Kier alpha value is -2.99. The summed E-state index contributed by atoms with van der Waals surface area (Å²) in [5.41, 5.74) is 8.76. The van der Waals surface area contributed by atoms with Gasteiger partial charge in [0.2, 0.25) is 5.91 Å². The number of hydrogen-bond donors (Lipinski definition) is 2. The molecule has 6 nitrogen and oxygen atoms in total. The van der Waals surface area contributed by atoms with E-state index in [-0.39, 0.29) is 17.9 Å². The largest absolute Gasteiger partial charge is 0.325 e. The van der Waals surface area contributed by atoms with Gasteiger partial charge in [-0.3, -0.25) is 4.79 Å². The van der Waals surface area contributed by atoms with E-state index in [1.165, 1.54) is 0 Å². The Morgan fingerprint density at radius 1 is 1.15 bits per heavy atom. The molecule has 0 bridgehead atoms. The number of nitrogens with zero attached hydrogens (tertiary/aromatic N) is 3. The number of rotatable bonds is 6. The van der Waals surface area contributed by atoms with Crippen molar-refractivity contribution in [1.29, 1.82) is 0 Å². The second-order valence-corrected chi connectivity index (χ2v) is 6.20. The van der Waals surface area contributed by atoms with Crippen LogP contribution in [0.3, 0.4) is 0 Å². The van der Waals surface area contributed by atoms with Gasteiger partial charge in [0.05, 0.1) is 11.6 Å². The zero-order chi connectivity index (χ0) is 18.5. The van der Waals surface area contributed by atoms with Gasteiger partial charge in [-0.2, -0.15) is 0 Å². The summed E-state index contributed by atoms with van der Waals surface area (Å²) in [7, 11) is 0. The summed E-state index contributed by atoms with van der Waals surface area (Å²) < 4.78 is 1.93. The minimum atomic E-state index is -0.380. The van der Waals surface area contributed by atoms with E-state index in [4.69, 9.17) is 5.73 Å². The van der Waals surface area contributed by atoms with E-state index in [9.17, 15) is 4.79 Å². The minimum absolute atomic E-state index is 0.128. The number of aryl methyl sites for hydroxylation is 1. The number of nitrogens with two attached hydrogens (primary N) is 1. The SMILES string of the molecule is CCn1cnnc1-c1ccccc1NC(=O)C(C)C(N)c1ccccc1. The monoisotopic (exact) mass is 349 g/mol. The molecule has 3 rings (SSSR count). The Morgan fingerprint density at radius 2 is 1.85 bits per heavy atom. The fourth-order valence-electron chi connectivity index (χ4n) is 2.86. The van der Waals surface area contributed by atoms with E-state index in [0.717, 1.165) is 23.5 Å². The average Bonchev–Trinajstić information content (AvgIpc) is 3.16. The lowest BCUT2D eigenvalue weighted by Crippen LogP contribution is -2.30. The molecule has 1 aromatic heterocycles. The van der Waals surface area contributed by atoms with Gasteiger partial charge >= 0.3 is 0 Å². The first-order chi connectivity index (χ1) is 12.6. The van der Waals surface area contributed by atoms with Crippen molar-refractivity contribution < 1.29 is 4.79 Å². The average molecular weight is 349 g/mol. The summed E-state index contributed by atoms with van der Waals surface area (Å²) >= 11 is 0. The second-order valence-electron chi connectivity index (χ2n) is 6.20. The van der Waals surface area contributed by atoms with Crippen molar-refractivity contribution in [3.63, 3.8) is 0 Å². The van der Waals surface area contributed by atoms with Crippen LogP contribution in [-0.4, -0.2) is 20.7 Å². The molecule has 2 aromatic carbocycles. The highest BCUT2D eigenvalue weighted by molar-refractivity contribution is 5.96. The van der Waals surface area contributed by atoms with Gasteiger partial charge in [-0.1, -0.05) is 49.4 Å². The summed E-state index contributed by atoms with van der Waals surface area (Å²) in [5.74, 6) is 0.217. The zero-order valence-electron chi connectivity index (χ0n) is 15.0. The lowest BCUT2D eigenvalue weighted by atomic mass is 9.94. The van der Waals surface area contributed by atoms with E-state index < -0.39 is 0 Å². The van der Waals surface area contributed by atoms with E-state index in [0.29, 0.717) is 5.69 Å². The van der Waals surface area contributed by atoms with Crippen LogP contribution in [0.2, 0.25) is 0 Å². The third-order valence-electron chi connectivity index (χ3n) is 4.52. The molecule has 3 N–H and O–H groups in total. The van der Waals surface area contributed by atoms with Gasteiger partial charge in [0.25, 0.3) is 0 Å². The van der Waals surface area contributed by atoms with Crippen LogP contribution in [0.5, 0.6) is 0 Å². The lowest BCUT2D eigenvalue weighted by molar-refractivity contribution is -0.120. The highest BCUT2D eigenvalue weighted by atomic mass is 16.1. The summed E-state index contributed by atoms with van der Waals surface area (Å²) in [6.07, 6.45) is 1.68. The number of carbonyl (C=O) groups excluding carboxylic acids is 1. The topological polar surface area (TPSA) is 85.8 Å². The first-order valence-corrected chi connectivity index (χ1v) is 8.70. The van der Waals surface area contributed by atoms with Crippen LogP contribution < -0.4 is 11.1 Å². The molecule has 2 unspecified atom stereocenters. The summed E-state index contributed by atoms with van der Waals surface area (Å²) in [4.78, 5) is 12.8. The Balaban J connectivity index is 1.82.